The number of benzene rings is 3. The number of primary amides is 1. The fraction of sp³-hybridized carbons (Fsp3) is 0.0385. The molecule has 0 spiro atoms. The van der Waals surface area contributed by atoms with Crippen LogP contribution in [0.4, 0.5) is 14.6 Å². The van der Waals surface area contributed by atoms with Crippen molar-refractivity contribution in [3.8, 4) is 17.1 Å². The third-order valence-corrected chi connectivity index (χ3v) is 5.58. The Morgan fingerprint density at radius 1 is 0.972 bits per heavy atom. The molecule has 2 aromatic heterocycles. The van der Waals surface area contributed by atoms with Crippen LogP contribution in [0, 0.1) is 5.82 Å². The predicted molar refractivity (Wildman–Crippen MR) is 130 cm³/mol. The van der Waals surface area contributed by atoms with Crippen molar-refractivity contribution >= 4 is 28.5 Å². The Morgan fingerprint density at radius 3 is 2.42 bits per heavy atom. The minimum Gasteiger partial charge on any atom is -0.366 e. The van der Waals surface area contributed by atoms with Gasteiger partial charge >= 0.3 is 0 Å². The summed E-state index contributed by atoms with van der Waals surface area (Å²) < 4.78 is 30.1. The zero-order valence-corrected chi connectivity index (χ0v) is 18.7. The van der Waals surface area contributed by atoms with Gasteiger partial charge in [-0.2, -0.15) is 5.10 Å². The lowest BCUT2D eigenvalue weighted by atomic mass is 10.0. The molecule has 0 radical (unpaired) electrons. The largest absolute Gasteiger partial charge is 0.366 e. The molecular formula is C26H18F2N6O2. The Morgan fingerprint density at radius 2 is 1.72 bits per heavy atom. The van der Waals surface area contributed by atoms with Gasteiger partial charge in [-0.25, -0.2) is 23.4 Å². The van der Waals surface area contributed by atoms with Gasteiger partial charge in [0, 0.05) is 28.9 Å². The molecule has 0 unspecified atom stereocenters. The van der Waals surface area contributed by atoms with E-state index < -0.39 is 24.3 Å². The SMILES string of the molecule is NC(=O)c1ccc2c(NC(=O)c3cc(-c4ncccn4)c(CF)cc3F)n(-c3ccccc3)nc2c1. The Balaban J connectivity index is 1.62. The highest BCUT2D eigenvalue weighted by Gasteiger charge is 2.22. The summed E-state index contributed by atoms with van der Waals surface area (Å²) in [5.41, 5.74) is 6.57. The van der Waals surface area contributed by atoms with Gasteiger partial charge in [0.1, 0.15) is 18.3 Å². The number of anilines is 1. The van der Waals surface area contributed by atoms with Gasteiger partial charge in [-0.3, -0.25) is 9.59 Å². The van der Waals surface area contributed by atoms with Crippen LogP contribution in [-0.2, 0) is 6.67 Å². The minimum atomic E-state index is -0.958. The quantitative estimate of drug-likeness (QED) is 0.370. The highest BCUT2D eigenvalue weighted by molar-refractivity contribution is 6.09. The average Bonchev–Trinajstić information content (AvgIpc) is 3.26. The maximum absolute atomic E-state index is 14.9. The van der Waals surface area contributed by atoms with Gasteiger partial charge in [-0.15, -0.1) is 0 Å². The molecule has 3 aromatic carbocycles. The van der Waals surface area contributed by atoms with E-state index in [4.69, 9.17) is 5.73 Å². The van der Waals surface area contributed by atoms with E-state index >= 15 is 0 Å². The summed E-state index contributed by atoms with van der Waals surface area (Å²) in [4.78, 5) is 33.2. The van der Waals surface area contributed by atoms with E-state index in [0.29, 0.717) is 16.6 Å². The van der Waals surface area contributed by atoms with Gasteiger partial charge in [0.2, 0.25) is 5.91 Å². The van der Waals surface area contributed by atoms with Crippen molar-refractivity contribution in [1.82, 2.24) is 19.7 Å². The van der Waals surface area contributed by atoms with Crippen LogP contribution >= 0.6 is 0 Å². The molecule has 0 aliphatic rings. The van der Waals surface area contributed by atoms with Crippen LogP contribution in [0.1, 0.15) is 26.3 Å². The van der Waals surface area contributed by atoms with Gasteiger partial charge in [0.25, 0.3) is 5.91 Å². The average molecular weight is 484 g/mol. The molecule has 0 bridgehead atoms. The molecule has 0 atom stereocenters. The number of rotatable bonds is 6. The first kappa shape index (κ1) is 22.8. The van der Waals surface area contributed by atoms with Gasteiger partial charge < -0.3 is 11.1 Å². The van der Waals surface area contributed by atoms with E-state index in [2.05, 4.69) is 20.4 Å². The van der Waals surface area contributed by atoms with E-state index in [9.17, 15) is 18.4 Å². The maximum atomic E-state index is 14.9. The summed E-state index contributed by atoms with van der Waals surface area (Å²) in [5, 5.41) is 7.75. The first-order chi connectivity index (χ1) is 17.5. The van der Waals surface area contributed by atoms with E-state index in [1.54, 1.807) is 36.4 Å². The summed E-state index contributed by atoms with van der Waals surface area (Å²) in [6.07, 6.45) is 2.94. The van der Waals surface area contributed by atoms with Crippen molar-refractivity contribution in [3.05, 3.63) is 102 Å². The molecule has 0 saturated heterocycles. The monoisotopic (exact) mass is 484 g/mol. The number of para-hydroxylation sites is 1. The number of carbonyl (C=O) groups is 2. The second kappa shape index (κ2) is 9.34. The van der Waals surface area contributed by atoms with E-state index in [1.807, 2.05) is 6.07 Å². The lowest BCUT2D eigenvalue weighted by molar-refractivity contribution is 0.0997. The molecule has 0 aliphatic heterocycles. The number of carbonyl (C=O) groups excluding carboxylic acids is 2. The number of aromatic nitrogens is 4. The number of alkyl halides is 1. The number of nitrogens with two attached hydrogens (primary N) is 1. The number of halogens is 2. The van der Waals surface area contributed by atoms with Gasteiger partial charge in [-0.05, 0) is 54.1 Å². The molecule has 0 fully saturated rings. The van der Waals surface area contributed by atoms with Crippen molar-refractivity contribution in [2.75, 3.05) is 5.32 Å². The zero-order chi connectivity index (χ0) is 25.2. The van der Waals surface area contributed by atoms with Crippen molar-refractivity contribution in [2.45, 2.75) is 6.67 Å². The summed E-state index contributed by atoms with van der Waals surface area (Å²) >= 11 is 0. The summed E-state index contributed by atoms with van der Waals surface area (Å²) in [5.74, 6) is -1.89. The Kier molecular flexibility index (Phi) is 5.91. The molecule has 5 rings (SSSR count). The number of fused-ring (bicyclic) bond motifs is 1. The Hall–Kier alpha value is -4.99. The van der Waals surface area contributed by atoms with E-state index in [-0.39, 0.29) is 33.9 Å². The third-order valence-electron chi connectivity index (χ3n) is 5.58. The first-order valence-electron chi connectivity index (χ1n) is 10.8. The number of amides is 2. The van der Waals surface area contributed by atoms with Crippen LogP contribution in [0.3, 0.4) is 0 Å². The molecule has 8 nitrogen and oxygen atoms in total. The van der Waals surface area contributed by atoms with Crippen LogP contribution in [0.15, 0.2) is 79.1 Å². The molecular weight excluding hydrogens is 466 g/mol. The molecule has 2 amide bonds. The summed E-state index contributed by atoms with van der Waals surface area (Å²) in [6.45, 7) is -0.958. The maximum Gasteiger partial charge on any atom is 0.259 e. The van der Waals surface area contributed by atoms with E-state index in [0.717, 1.165) is 6.07 Å². The number of nitrogens with zero attached hydrogens (tertiary/aromatic N) is 4. The van der Waals surface area contributed by atoms with Crippen molar-refractivity contribution < 1.29 is 18.4 Å². The number of nitrogens with one attached hydrogen (secondary N) is 1. The van der Waals surface area contributed by atoms with Crippen LogP contribution in [0.2, 0.25) is 0 Å². The smallest absolute Gasteiger partial charge is 0.259 e. The molecule has 10 heteroatoms. The third kappa shape index (κ3) is 4.16. The lowest BCUT2D eigenvalue weighted by Crippen LogP contribution is -2.17. The van der Waals surface area contributed by atoms with Gasteiger partial charge in [0.15, 0.2) is 5.82 Å². The molecule has 0 aliphatic carbocycles. The fourth-order valence-electron chi connectivity index (χ4n) is 3.84. The van der Waals surface area contributed by atoms with Crippen LogP contribution in [-0.4, -0.2) is 31.6 Å². The number of hydrogen-bond donors (Lipinski definition) is 2. The summed E-state index contributed by atoms with van der Waals surface area (Å²) in [7, 11) is 0. The molecule has 178 valence electrons. The normalized spacial score (nSPS) is 10.9. The predicted octanol–water partition coefficient (Wildman–Crippen LogP) is 4.44. The second-order valence-corrected chi connectivity index (χ2v) is 7.84. The minimum absolute atomic E-state index is 0.0222. The van der Waals surface area contributed by atoms with E-state index in [1.165, 1.54) is 35.3 Å². The van der Waals surface area contributed by atoms with Crippen LogP contribution in [0.25, 0.3) is 28.0 Å². The standard InChI is InChI=1S/C26H18F2N6O2/c27-14-16-11-21(28)20(13-19(16)24-30-9-4-10-31-24)26(36)32-25-18-8-7-15(23(29)35)12-22(18)33-34(25)17-5-2-1-3-6-17/h1-13H,14H2,(H2,29,35)(H,32,36). The van der Waals surface area contributed by atoms with Gasteiger partial charge in [0.05, 0.1) is 16.8 Å². The zero-order valence-electron chi connectivity index (χ0n) is 18.7. The van der Waals surface area contributed by atoms with Crippen molar-refractivity contribution in [1.29, 1.82) is 0 Å². The highest BCUT2D eigenvalue weighted by atomic mass is 19.1. The van der Waals surface area contributed by atoms with Crippen molar-refractivity contribution in [3.63, 3.8) is 0 Å². The second-order valence-electron chi connectivity index (χ2n) is 7.84. The summed E-state index contributed by atoms with van der Waals surface area (Å²) in [6, 6.07) is 17.4. The van der Waals surface area contributed by atoms with Crippen LogP contribution < -0.4 is 11.1 Å². The molecule has 5 aromatic rings. The Labute approximate surface area is 203 Å². The molecule has 2 heterocycles. The molecule has 3 N–H and O–H groups in total. The fourth-order valence-corrected chi connectivity index (χ4v) is 3.84. The number of hydrogen-bond acceptors (Lipinski definition) is 5. The highest BCUT2D eigenvalue weighted by Crippen LogP contribution is 2.30. The van der Waals surface area contributed by atoms with Gasteiger partial charge in [-0.1, -0.05) is 18.2 Å². The topological polar surface area (TPSA) is 116 Å². The first-order valence-corrected chi connectivity index (χ1v) is 10.8. The lowest BCUT2D eigenvalue weighted by Gasteiger charge is -2.12. The molecule has 0 saturated carbocycles. The molecule has 36 heavy (non-hydrogen) atoms. The van der Waals surface area contributed by atoms with Crippen LogP contribution in [0.5, 0.6) is 0 Å². The van der Waals surface area contributed by atoms with Crippen molar-refractivity contribution in [2.24, 2.45) is 5.73 Å². The Bertz CT molecular complexity index is 1600.